The molecule has 0 atom stereocenters. The van der Waals surface area contributed by atoms with Gasteiger partial charge in [-0.25, -0.2) is 9.59 Å². The Bertz CT molecular complexity index is 989. The molecule has 0 aliphatic heterocycles. The van der Waals surface area contributed by atoms with E-state index in [1.165, 1.54) is 30.5 Å². The lowest BCUT2D eigenvalue weighted by Gasteiger charge is -2.01. The molecule has 0 bridgehead atoms. The highest BCUT2D eigenvalue weighted by Gasteiger charge is 2.03. The van der Waals surface area contributed by atoms with E-state index in [1.54, 1.807) is 42.6 Å². The summed E-state index contributed by atoms with van der Waals surface area (Å²) in [6, 6.07) is 12.2. The summed E-state index contributed by atoms with van der Waals surface area (Å²) in [5.41, 5.74) is 2.25. The fraction of sp³-hybridized carbons (Fsp3) is 0.0909. The SMILES string of the molecule is O=C(O)CC/C(C=Nc1ccc(C(=O)O)cc1)=C\C=C\Nc1ccc(C(=O)O)cc1. The minimum Gasteiger partial charge on any atom is -0.481 e. The highest BCUT2D eigenvalue weighted by molar-refractivity contribution is 5.89. The van der Waals surface area contributed by atoms with Crippen molar-refractivity contribution in [2.45, 2.75) is 12.8 Å². The molecule has 8 nitrogen and oxygen atoms in total. The van der Waals surface area contributed by atoms with Gasteiger partial charge in [-0.05, 0) is 66.6 Å². The first-order chi connectivity index (χ1) is 14.3. The van der Waals surface area contributed by atoms with Crippen molar-refractivity contribution in [3.63, 3.8) is 0 Å². The Labute approximate surface area is 172 Å². The van der Waals surface area contributed by atoms with Crippen LogP contribution in [0.5, 0.6) is 0 Å². The van der Waals surface area contributed by atoms with Crippen LogP contribution < -0.4 is 5.32 Å². The number of allylic oxidation sites excluding steroid dienone is 3. The fourth-order valence-corrected chi connectivity index (χ4v) is 2.31. The summed E-state index contributed by atoms with van der Waals surface area (Å²) in [6.45, 7) is 0. The number of hydrogen-bond donors (Lipinski definition) is 4. The van der Waals surface area contributed by atoms with E-state index in [4.69, 9.17) is 15.3 Å². The van der Waals surface area contributed by atoms with Gasteiger partial charge in [0, 0.05) is 24.5 Å². The van der Waals surface area contributed by atoms with E-state index in [2.05, 4.69) is 10.3 Å². The zero-order valence-electron chi connectivity index (χ0n) is 15.9. The molecule has 2 aromatic rings. The molecule has 0 spiro atoms. The lowest BCUT2D eigenvalue weighted by atomic mass is 10.1. The molecular weight excluding hydrogens is 388 g/mol. The van der Waals surface area contributed by atoms with Crippen LogP contribution >= 0.6 is 0 Å². The Kier molecular flexibility index (Phi) is 8.07. The maximum atomic E-state index is 10.9. The van der Waals surface area contributed by atoms with Crippen LogP contribution in [-0.2, 0) is 4.79 Å². The Hall–Kier alpha value is -4.20. The third-order valence-electron chi connectivity index (χ3n) is 3.91. The van der Waals surface area contributed by atoms with Crippen molar-refractivity contribution in [2.75, 3.05) is 5.32 Å². The molecule has 2 rings (SSSR count). The number of aliphatic carboxylic acids is 1. The predicted molar refractivity (Wildman–Crippen MR) is 113 cm³/mol. The molecule has 0 aliphatic carbocycles. The molecule has 30 heavy (non-hydrogen) atoms. The summed E-state index contributed by atoms with van der Waals surface area (Å²) in [4.78, 5) is 36.9. The molecule has 0 radical (unpaired) electrons. The van der Waals surface area contributed by atoms with E-state index in [9.17, 15) is 14.4 Å². The minimum atomic E-state index is -1.03. The molecule has 0 aliphatic rings. The quantitative estimate of drug-likeness (QED) is 0.341. The van der Waals surface area contributed by atoms with Crippen molar-refractivity contribution < 1.29 is 29.7 Å². The topological polar surface area (TPSA) is 136 Å². The first-order valence-corrected chi connectivity index (χ1v) is 8.90. The molecule has 154 valence electrons. The largest absolute Gasteiger partial charge is 0.481 e. The van der Waals surface area contributed by atoms with Crippen LogP contribution in [-0.4, -0.2) is 39.4 Å². The zero-order valence-corrected chi connectivity index (χ0v) is 15.9. The van der Waals surface area contributed by atoms with Gasteiger partial charge in [0.25, 0.3) is 0 Å². The zero-order chi connectivity index (χ0) is 21.9. The van der Waals surface area contributed by atoms with E-state index in [0.29, 0.717) is 16.9 Å². The van der Waals surface area contributed by atoms with Crippen molar-refractivity contribution in [1.82, 2.24) is 0 Å². The average Bonchev–Trinajstić information content (AvgIpc) is 2.73. The summed E-state index contributed by atoms with van der Waals surface area (Å²) in [5, 5.41) is 29.7. The Morgan fingerprint density at radius 2 is 1.40 bits per heavy atom. The third-order valence-corrected chi connectivity index (χ3v) is 3.91. The second kappa shape index (κ2) is 11.0. The normalized spacial score (nSPS) is 11.7. The van der Waals surface area contributed by atoms with Crippen molar-refractivity contribution in [2.24, 2.45) is 4.99 Å². The Morgan fingerprint density at radius 1 is 0.833 bits per heavy atom. The van der Waals surface area contributed by atoms with Gasteiger partial charge in [0.15, 0.2) is 0 Å². The van der Waals surface area contributed by atoms with E-state index in [0.717, 1.165) is 0 Å². The van der Waals surface area contributed by atoms with Crippen LogP contribution in [0.15, 0.2) is 77.4 Å². The van der Waals surface area contributed by atoms with Crippen molar-refractivity contribution in [1.29, 1.82) is 0 Å². The number of hydrogen-bond acceptors (Lipinski definition) is 5. The fourth-order valence-electron chi connectivity index (χ4n) is 2.31. The number of rotatable bonds is 10. The molecule has 2 aromatic carbocycles. The average molecular weight is 408 g/mol. The lowest BCUT2D eigenvalue weighted by molar-refractivity contribution is -0.136. The summed E-state index contributed by atoms with van der Waals surface area (Å²) in [6.07, 6.45) is 6.76. The van der Waals surface area contributed by atoms with E-state index >= 15 is 0 Å². The standard InChI is InChI=1S/C22H20N2O6/c25-20(26)12-3-15(14-24-19-10-6-17(7-11-19)22(29)30)2-1-13-23-18-8-4-16(5-9-18)21(27)28/h1-2,4-11,13-14,23H,3,12H2,(H,25,26)(H,27,28)(H,29,30)/b13-1+,15-2+,24-14?. The summed E-state index contributed by atoms with van der Waals surface area (Å²) >= 11 is 0. The molecule has 0 fully saturated rings. The lowest BCUT2D eigenvalue weighted by Crippen LogP contribution is -1.97. The maximum absolute atomic E-state index is 10.9. The van der Waals surface area contributed by atoms with E-state index in [-0.39, 0.29) is 24.0 Å². The van der Waals surface area contributed by atoms with Gasteiger partial charge in [-0.1, -0.05) is 6.08 Å². The maximum Gasteiger partial charge on any atom is 0.335 e. The van der Waals surface area contributed by atoms with Gasteiger partial charge in [-0.3, -0.25) is 9.79 Å². The number of carboxylic acid groups (broad SMARTS) is 3. The van der Waals surface area contributed by atoms with Gasteiger partial charge in [0.1, 0.15) is 0 Å². The first kappa shape index (κ1) is 22.1. The smallest absolute Gasteiger partial charge is 0.335 e. The summed E-state index contributed by atoms with van der Waals surface area (Å²) in [5.74, 6) is -2.96. The van der Waals surface area contributed by atoms with Crippen molar-refractivity contribution in [3.05, 3.63) is 83.6 Å². The van der Waals surface area contributed by atoms with Gasteiger partial charge in [0.05, 0.1) is 16.8 Å². The van der Waals surface area contributed by atoms with Crippen molar-refractivity contribution in [3.8, 4) is 0 Å². The van der Waals surface area contributed by atoms with Gasteiger partial charge in [-0.2, -0.15) is 0 Å². The van der Waals surface area contributed by atoms with Crippen LogP contribution in [0.4, 0.5) is 11.4 Å². The molecular formula is C22H20N2O6. The minimum absolute atomic E-state index is 0.0618. The van der Waals surface area contributed by atoms with Crippen molar-refractivity contribution >= 4 is 35.5 Å². The number of benzene rings is 2. The molecule has 0 unspecified atom stereocenters. The van der Waals surface area contributed by atoms with Gasteiger partial charge >= 0.3 is 17.9 Å². The van der Waals surface area contributed by atoms with Crippen LogP contribution in [0.3, 0.4) is 0 Å². The number of nitrogens with zero attached hydrogens (tertiary/aromatic N) is 1. The van der Waals surface area contributed by atoms with Crippen LogP contribution in [0.2, 0.25) is 0 Å². The van der Waals surface area contributed by atoms with Gasteiger partial charge in [-0.15, -0.1) is 0 Å². The number of carboxylic acids is 3. The Morgan fingerprint density at radius 3 is 1.93 bits per heavy atom. The molecule has 8 heteroatoms. The van der Waals surface area contributed by atoms with Crippen LogP contribution in [0, 0.1) is 0 Å². The monoisotopic (exact) mass is 408 g/mol. The highest BCUT2D eigenvalue weighted by atomic mass is 16.4. The van der Waals surface area contributed by atoms with Gasteiger partial charge in [0.2, 0.25) is 0 Å². The second-order valence-corrected chi connectivity index (χ2v) is 6.13. The number of aliphatic imine (C=N–C) groups is 1. The van der Waals surface area contributed by atoms with E-state index in [1.807, 2.05) is 0 Å². The van der Waals surface area contributed by atoms with Crippen LogP contribution in [0.25, 0.3) is 0 Å². The number of carbonyl (C=O) groups is 3. The van der Waals surface area contributed by atoms with Crippen LogP contribution in [0.1, 0.15) is 33.6 Å². The number of nitrogens with one attached hydrogen (secondary N) is 1. The Balaban J connectivity index is 2.05. The molecule has 0 aromatic heterocycles. The molecule has 4 N–H and O–H groups in total. The summed E-state index contributed by atoms with van der Waals surface area (Å²) < 4.78 is 0. The molecule has 0 heterocycles. The predicted octanol–water partition coefficient (Wildman–Crippen LogP) is 4.20. The third kappa shape index (κ3) is 7.43. The second-order valence-electron chi connectivity index (χ2n) is 6.13. The van der Waals surface area contributed by atoms with Gasteiger partial charge < -0.3 is 20.6 Å². The first-order valence-electron chi connectivity index (χ1n) is 8.90. The van der Waals surface area contributed by atoms with E-state index < -0.39 is 17.9 Å². The molecule has 0 amide bonds. The summed E-state index contributed by atoms with van der Waals surface area (Å²) in [7, 11) is 0. The number of anilines is 1. The number of aromatic carboxylic acids is 2. The molecule has 0 saturated carbocycles. The highest BCUT2D eigenvalue weighted by Crippen LogP contribution is 2.14. The molecule has 0 saturated heterocycles.